The fourth-order valence-electron chi connectivity index (χ4n) is 7.18. The van der Waals surface area contributed by atoms with Gasteiger partial charge in [0, 0.05) is 0 Å². The number of hydrogen-bond donors (Lipinski definition) is 1. The van der Waals surface area contributed by atoms with Crippen molar-refractivity contribution < 1.29 is 4.79 Å². The van der Waals surface area contributed by atoms with Crippen molar-refractivity contribution in [3.63, 3.8) is 0 Å². The standard InChI is InChI=1S/C41H33NO/c1-30(39(43)40(31-18-6-2-7-19-31,32-20-8-3-9-21-32)33-22-10-4-11-23-33)42-41(34-24-12-5-13-25-34)37-28-16-14-26-35(37)36-27-15-17-29-38(36)41/h2-30,42H,1H3/t30-/m0/s1. The van der Waals surface area contributed by atoms with E-state index in [0.29, 0.717) is 0 Å². The van der Waals surface area contributed by atoms with Crippen LogP contribution in [-0.2, 0) is 15.7 Å². The van der Waals surface area contributed by atoms with Crippen LogP contribution in [0.15, 0.2) is 170 Å². The second kappa shape index (κ2) is 11.0. The van der Waals surface area contributed by atoms with Crippen LogP contribution in [0.1, 0.15) is 40.3 Å². The van der Waals surface area contributed by atoms with Crippen molar-refractivity contribution in [1.29, 1.82) is 0 Å². The van der Waals surface area contributed by atoms with Crippen LogP contribution in [-0.4, -0.2) is 11.8 Å². The summed E-state index contributed by atoms with van der Waals surface area (Å²) in [4.78, 5) is 15.5. The normalized spacial score (nSPS) is 14.0. The predicted octanol–water partition coefficient (Wildman–Crippen LogP) is 8.54. The number of carbonyl (C=O) groups excluding carboxylic acids is 1. The van der Waals surface area contributed by atoms with Gasteiger partial charge in [0.25, 0.3) is 0 Å². The monoisotopic (exact) mass is 555 g/mol. The zero-order valence-electron chi connectivity index (χ0n) is 24.2. The zero-order chi connectivity index (χ0) is 29.3. The van der Waals surface area contributed by atoms with Crippen LogP contribution < -0.4 is 5.32 Å². The Morgan fingerprint density at radius 2 is 0.860 bits per heavy atom. The first-order valence-electron chi connectivity index (χ1n) is 14.9. The molecule has 2 nitrogen and oxygen atoms in total. The Morgan fingerprint density at radius 1 is 0.512 bits per heavy atom. The Balaban J connectivity index is 1.46. The molecule has 0 saturated carbocycles. The molecule has 7 rings (SSSR count). The van der Waals surface area contributed by atoms with Gasteiger partial charge in [0.05, 0.1) is 11.6 Å². The highest BCUT2D eigenvalue weighted by atomic mass is 16.1. The van der Waals surface area contributed by atoms with Gasteiger partial charge in [-0.05, 0) is 51.4 Å². The molecule has 6 aromatic rings. The lowest BCUT2D eigenvalue weighted by atomic mass is 9.65. The summed E-state index contributed by atoms with van der Waals surface area (Å²) in [6.07, 6.45) is 0. The average molecular weight is 556 g/mol. The topological polar surface area (TPSA) is 29.1 Å². The summed E-state index contributed by atoms with van der Waals surface area (Å²) in [5.74, 6) is 0.0910. The van der Waals surface area contributed by atoms with E-state index in [4.69, 9.17) is 0 Å². The molecule has 0 saturated heterocycles. The molecule has 0 radical (unpaired) electrons. The van der Waals surface area contributed by atoms with Crippen LogP contribution in [0.3, 0.4) is 0 Å². The molecule has 2 heteroatoms. The number of Topliss-reactive ketones (excluding diaryl/α,β-unsaturated/α-hetero) is 1. The van der Waals surface area contributed by atoms with Crippen molar-refractivity contribution >= 4 is 5.78 Å². The maximum atomic E-state index is 15.5. The summed E-state index contributed by atoms with van der Waals surface area (Å²) in [5, 5.41) is 3.99. The largest absolute Gasteiger partial charge is 0.296 e. The summed E-state index contributed by atoms with van der Waals surface area (Å²) >= 11 is 0. The minimum Gasteiger partial charge on any atom is -0.296 e. The maximum absolute atomic E-state index is 15.5. The fraction of sp³-hybridized carbons (Fsp3) is 0.0976. The number of carbonyl (C=O) groups is 1. The Bertz CT molecular complexity index is 1720. The number of rotatable bonds is 8. The number of nitrogens with one attached hydrogen (secondary N) is 1. The smallest absolute Gasteiger partial charge is 0.168 e. The van der Waals surface area contributed by atoms with Crippen molar-refractivity contribution in [1.82, 2.24) is 5.32 Å². The van der Waals surface area contributed by atoms with Crippen LogP contribution >= 0.6 is 0 Å². The second-order valence-corrected chi connectivity index (χ2v) is 11.3. The van der Waals surface area contributed by atoms with Crippen LogP contribution in [0, 0.1) is 0 Å². The van der Waals surface area contributed by atoms with E-state index in [1.54, 1.807) is 0 Å². The van der Waals surface area contributed by atoms with Gasteiger partial charge in [-0.3, -0.25) is 10.1 Å². The van der Waals surface area contributed by atoms with E-state index in [2.05, 4.69) is 115 Å². The molecule has 0 bridgehead atoms. The van der Waals surface area contributed by atoms with Crippen molar-refractivity contribution in [2.75, 3.05) is 0 Å². The van der Waals surface area contributed by atoms with Gasteiger partial charge >= 0.3 is 0 Å². The average Bonchev–Trinajstić information content (AvgIpc) is 3.37. The van der Waals surface area contributed by atoms with Gasteiger partial charge in [-0.25, -0.2) is 0 Å². The molecule has 1 N–H and O–H groups in total. The first kappa shape index (κ1) is 26.8. The molecular formula is C41H33NO. The van der Waals surface area contributed by atoms with Crippen molar-refractivity contribution in [3.8, 4) is 11.1 Å². The van der Waals surface area contributed by atoms with E-state index in [1.165, 1.54) is 11.1 Å². The second-order valence-electron chi connectivity index (χ2n) is 11.3. The van der Waals surface area contributed by atoms with E-state index in [9.17, 15) is 0 Å². The quantitative estimate of drug-likeness (QED) is 0.191. The molecule has 0 unspecified atom stereocenters. The number of benzene rings is 6. The molecule has 208 valence electrons. The molecule has 0 spiro atoms. The van der Waals surface area contributed by atoms with E-state index in [-0.39, 0.29) is 5.78 Å². The fourth-order valence-corrected chi connectivity index (χ4v) is 7.18. The molecule has 6 aromatic carbocycles. The van der Waals surface area contributed by atoms with Crippen molar-refractivity contribution in [3.05, 3.63) is 203 Å². The number of fused-ring (bicyclic) bond motifs is 3. The Morgan fingerprint density at radius 3 is 1.28 bits per heavy atom. The first-order valence-corrected chi connectivity index (χ1v) is 14.9. The summed E-state index contributed by atoms with van der Waals surface area (Å²) < 4.78 is 0. The van der Waals surface area contributed by atoms with E-state index in [0.717, 1.165) is 33.4 Å². The van der Waals surface area contributed by atoms with Crippen molar-refractivity contribution in [2.24, 2.45) is 0 Å². The lowest BCUT2D eigenvalue weighted by molar-refractivity contribution is -0.124. The van der Waals surface area contributed by atoms with E-state index >= 15 is 4.79 Å². The Kier molecular flexibility index (Phi) is 6.85. The Labute approximate surface area is 253 Å². The summed E-state index contributed by atoms with van der Waals surface area (Å²) in [6, 6.07) is 57.8. The van der Waals surface area contributed by atoms with E-state index in [1.807, 2.05) is 67.6 Å². The Hall–Kier alpha value is -5.05. The molecule has 1 aliphatic carbocycles. The summed E-state index contributed by atoms with van der Waals surface area (Å²) in [6.45, 7) is 2.03. The highest BCUT2D eigenvalue weighted by molar-refractivity contribution is 6.01. The molecule has 0 fully saturated rings. The number of ketones is 1. The summed E-state index contributed by atoms with van der Waals surface area (Å²) in [7, 11) is 0. The highest BCUT2D eigenvalue weighted by Gasteiger charge is 2.50. The number of hydrogen-bond acceptors (Lipinski definition) is 2. The van der Waals surface area contributed by atoms with Gasteiger partial charge in [-0.1, -0.05) is 170 Å². The molecule has 1 aliphatic rings. The van der Waals surface area contributed by atoms with Gasteiger partial charge in [0.1, 0.15) is 5.41 Å². The third kappa shape index (κ3) is 4.18. The predicted molar refractivity (Wildman–Crippen MR) is 175 cm³/mol. The summed E-state index contributed by atoms with van der Waals surface area (Å²) in [5.41, 5.74) is 6.93. The molecule has 43 heavy (non-hydrogen) atoms. The van der Waals surface area contributed by atoms with Gasteiger partial charge < -0.3 is 0 Å². The third-order valence-electron chi connectivity index (χ3n) is 8.98. The molecule has 1 atom stereocenters. The van der Waals surface area contributed by atoms with Gasteiger partial charge in [0.15, 0.2) is 5.78 Å². The SMILES string of the molecule is C[C@H](NC1(c2ccccc2)c2ccccc2-c2ccccc21)C(=O)C(c1ccccc1)(c1ccccc1)c1ccccc1. The lowest BCUT2D eigenvalue weighted by Gasteiger charge is -2.41. The van der Waals surface area contributed by atoms with Crippen LogP contribution in [0.5, 0.6) is 0 Å². The minimum atomic E-state index is -1.02. The van der Waals surface area contributed by atoms with Gasteiger partial charge in [-0.15, -0.1) is 0 Å². The van der Waals surface area contributed by atoms with Crippen LogP contribution in [0.4, 0.5) is 0 Å². The maximum Gasteiger partial charge on any atom is 0.168 e. The highest BCUT2D eigenvalue weighted by Crippen LogP contribution is 2.51. The lowest BCUT2D eigenvalue weighted by Crippen LogP contribution is -2.55. The molecule has 0 aliphatic heterocycles. The zero-order valence-corrected chi connectivity index (χ0v) is 24.2. The van der Waals surface area contributed by atoms with Crippen LogP contribution in [0.2, 0.25) is 0 Å². The van der Waals surface area contributed by atoms with Crippen molar-refractivity contribution in [2.45, 2.75) is 23.9 Å². The molecule has 0 heterocycles. The molecule has 0 aromatic heterocycles. The van der Waals surface area contributed by atoms with Gasteiger partial charge in [-0.2, -0.15) is 0 Å². The minimum absolute atomic E-state index is 0.0910. The van der Waals surface area contributed by atoms with E-state index < -0.39 is 17.0 Å². The van der Waals surface area contributed by atoms with Gasteiger partial charge in [0.2, 0.25) is 0 Å². The van der Waals surface area contributed by atoms with Crippen LogP contribution in [0.25, 0.3) is 11.1 Å². The molecular weight excluding hydrogens is 522 g/mol. The molecule has 0 amide bonds. The third-order valence-corrected chi connectivity index (χ3v) is 8.98. The first-order chi connectivity index (χ1) is 21.2.